The van der Waals surface area contributed by atoms with Crippen LogP contribution in [0.5, 0.6) is 0 Å². The van der Waals surface area contributed by atoms with Crippen LogP contribution < -0.4 is 10.6 Å². The molecule has 4 rings (SSSR count). The molecule has 0 amide bonds. The number of aromatic nitrogens is 5. The summed E-state index contributed by atoms with van der Waals surface area (Å²) in [5.74, 6) is 1.61. The van der Waals surface area contributed by atoms with E-state index in [0.717, 1.165) is 30.4 Å². The van der Waals surface area contributed by atoms with E-state index in [-0.39, 0.29) is 0 Å². The number of guanidine groups is 1. The van der Waals surface area contributed by atoms with Crippen LogP contribution in [0.1, 0.15) is 23.6 Å². The Hall–Kier alpha value is -3.94. The molecular formula is C23H26N8. The minimum atomic E-state index is 0.543. The molecule has 0 fully saturated rings. The number of nitrogens with zero attached hydrogens (tertiary/aromatic N) is 6. The Morgan fingerprint density at radius 2 is 1.90 bits per heavy atom. The maximum Gasteiger partial charge on any atom is 0.191 e. The van der Waals surface area contributed by atoms with Gasteiger partial charge in [0, 0.05) is 44.1 Å². The van der Waals surface area contributed by atoms with E-state index in [1.165, 1.54) is 11.1 Å². The molecule has 0 atom stereocenters. The molecule has 158 valence electrons. The van der Waals surface area contributed by atoms with Gasteiger partial charge in [0.2, 0.25) is 0 Å². The van der Waals surface area contributed by atoms with Gasteiger partial charge in [0.25, 0.3) is 0 Å². The molecular weight excluding hydrogens is 388 g/mol. The Bertz CT molecular complexity index is 1080. The molecule has 0 saturated heterocycles. The van der Waals surface area contributed by atoms with Crippen LogP contribution in [0.4, 0.5) is 0 Å². The van der Waals surface area contributed by atoms with Crippen LogP contribution in [-0.2, 0) is 19.6 Å². The van der Waals surface area contributed by atoms with Gasteiger partial charge in [-0.3, -0.25) is 9.25 Å². The van der Waals surface area contributed by atoms with Gasteiger partial charge in [-0.25, -0.2) is 15.0 Å². The first kappa shape index (κ1) is 20.3. The highest BCUT2D eigenvalue weighted by Crippen LogP contribution is 2.10. The zero-order valence-electron chi connectivity index (χ0n) is 17.5. The normalized spacial score (nSPS) is 11.5. The average molecular weight is 415 g/mol. The monoisotopic (exact) mass is 414 g/mol. The van der Waals surface area contributed by atoms with Gasteiger partial charge in [-0.05, 0) is 35.7 Å². The Morgan fingerprint density at radius 1 is 1.00 bits per heavy atom. The number of aliphatic imine (C=N–C) groups is 1. The lowest BCUT2D eigenvalue weighted by atomic mass is 10.1. The first-order valence-electron chi connectivity index (χ1n) is 10.3. The van der Waals surface area contributed by atoms with Crippen molar-refractivity contribution in [3.05, 3.63) is 96.5 Å². The molecule has 0 spiro atoms. The number of hydrogen-bond donors (Lipinski definition) is 2. The molecule has 0 saturated carbocycles. The van der Waals surface area contributed by atoms with Gasteiger partial charge in [0.15, 0.2) is 5.96 Å². The van der Waals surface area contributed by atoms with Gasteiger partial charge < -0.3 is 10.6 Å². The zero-order chi connectivity index (χ0) is 21.3. The second-order valence-corrected chi connectivity index (χ2v) is 7.02. The summed E-state index contributed by atoms with van der Waals surface area (Å²) in [4.78, 5) is 13.3. The Balaban J connectivity index is 1.39. The Kier molecular flexibility index (Phi) is 6.69. The number of imidazole rings is 1. The van der Waals surface area contributed by atoms with Crippen molar-refractivity contribution in [3.63, 3.8) is 0 Å². The lowest BCUT2D eigenvalue weighted by molar-refractivity contribution is 0.677. The lowest BCUT2D eigenvalue weighted by Gasteiger charge is -2.14. The van der Waals surface area contributed by atoms with Crippen LogP contribution in [0, 0.1) is 0 Å². The summed E-state index contributed by atoms with van der Waals surface area (Å²) in [5.41, 5.74) is 3.49. The highest BCUT2D eigenvalue weighted by atomic mass is 15.3. The summed E-state index contributed by atoms with van der Waals surface area (Å²) >= 11 is 0. The van der Waals surface area contributed by atoms with Crippen molar-refractivity contribution in [2.75, 3.05) is 6.54 Å². The molecule has 3 aromatic heterocycles. The smallest absolute Gasteiger partial charge is 0.191 e. The largest absolute Gasteiger partial charge is 0.357 e. The van der Waals surface area contributed by atoms with Crippen LogP contribution in [-0.4, -0.2) is 36.8 Å². The van der Waals surface area contributed by atoms with Gasteiger partial charge in [-0.1, -0.05) is 30.3 Å². The molecule has 8 nitrogen and oxygen atoms in total. The first-order valence-corrected chi connectivity index (χ1v) is 10.3. The van der Waals surface area contributed by atoms with E-state index in [9.17, 15) is 0 Å². The van der Waals surface area contributed by atoms with Crippen molar-refractivity contribution >= 4 is 5.96 Å². The van der Waals surface area contributed by atoms with Gasteiger partial charge in [0.1, 0.15) is 12.1 Å². The molecule has 0 bridgehead atoms. The van der Waals surface area contributed by atoms with E-state index in [1.54, 1.807) is 18.7 Å². The fourth-order valence-corrected chi connectivity index (χ4v) is 3.20. The third-order valence-corrected chi connectivity index (χ3v) is 4.80. The van der Waals surface area contributed by atoms with Gasteiger partial charge in [0.05, 0.1) is 13.1 Å². The summed E-state index contributed by atoms with van der Waals surface area (Å²) in [6.45, 7) is 4.82. The average Bonchev–Trinajstić information content (AvgIpc) is 3.51. The standard InChI is InChI=1S/C23H26N8/c1-2-25-23(27-15-19-8-9-22(26-14-19)30-13-11-24-18-30)28-16-20-6-3-4-7-21(20)17-31-12-5-10-29-31/h3-14,18H,2,15-17H2,1H3,(H2,25,27,28). The fraction of sp³-hybridized carbons (Fsp3) is 0.217. The third kappa shape index (κ3) is 5.57. The number of rotatable bonds is 8. The molecule has 0 unspecified atom stereocenters. The quantitative estimate of drug-likeness (QED) is 0.342. The van der Waals surface area contributed by atoms with E-state index in [0.29, 0.717) is 13.1 Å². The van der Waals surface area contributed by atoms with Crippen molar-refractivity contribution in [2.45, 2.75) is 26.6 Å². The Labute approximate surface area is 181 Å². The van der Waals surface area contributed by atoms with Crippen molar-refractivity contribution < 1.29 is 0 Å². The highest BCUT2D eigenvalue weighted by Gasteiger charge is 2.05. The van der Waals surface area contributed by atoms with Crippen LogP contribution >= 0.6 is 0 Å². The molecule has 0 aliphatic heterocycles. The van der Waals surface area contributed by atoms with E-state index in [4.69, 9.17) is 4.99 Å². The second-order valence-electron chi connectivity index (χ2n) is 7.02. The first-order chi connectivity index (χ1) is 15.3. The van der Waals surface area contributed by atoms with Crippen LogP contribution in [0.2, 0.25) is 0 Å². The summed E-state index contributed by atoms with van der Waals surface area (Å²) < 4.78 is 3.80. The van der Waals surface area contributed by atoms with Gasteiger partial charge in [-0.15, -0.1) is 0 Å². The molecule has 0 radical (unpaired) electrons. The molecule has 8 heteroatoms. The zero-order valence-corrected chi connectivity index (χ0v) is 17.5. The van der Waals surface area contributed by atoms with E-state index in [1.807, 2.05) is 46.0 Å². The summed E-state index contributed by atoms with van der Waals surface area (Å²) in [7, 11) is 0. The number of hydrogen-bond acceptors (Lipinski definition) is 4. The molecule has 4 aromatic rings. The predicted molar refractivity (Wildman–Crippen MR) is 121 cm³/mol. The predicted octanol–water partition coefficient (Wildman–Crippen LogP) is 2.77. The Morgan fingerprint density at radius 3 is 2.61 bits per heavy atom. The van der Waals surface area contributed by atoms with Crippen LogP contribution in [0.25, 0.3) is 5.82 Å². The lowest BCUT2D eigenvalue weighted by Crippen LogP contribution is -2.37. The van der Waals surface area contributed by atoms with Crippen molar-refractivity contribution in [1.82, 2.24) is 34.9 Å². The maximum absolute atomic E-state index is 4.71. The summed E-state index contributed by atoms with van der Waals surface area (Å²) in [6, 6.07) is 14.3. The van der Waals surface area contributed by atoms with Gasteiger partial charge in [-0.2, -0.15) is 5.10 Å². The maximum atomic E-state index is 4.71. The minimum Gasteiger partial charge on any atom is -0.357 e. The molecule has 0 aliphatic carbocycles. The van der Waals surface area contributed by atoms with Crippen molar-refractivity contribution in [2.24, 2.45) is 4.99 Å². The second kappa shape index (κ2) is 10.2. The summed E-state index contributed by atoms with van der Waals surface area (Å²) in [6.07, 6.45) is 11.0. The SMILES string of the molecule is CCNC(=NCc1ccc(-n2ccnc2)nc1)NCc1ccccc1Cn1cccn1. The molecule has 2 N–H and O–H groups in total. The molecule has 0 aliphatic rings. The fourth-order valence-electron chi connectivity index (χ4n) is 3.20. The number of nitrogens with one attached hydrogen (secondary N) is 2. The summed E-state index contributed by atoms with van der Waals surface area (Å²) in [5, 5.41) is 11.1. The molecule has 1 aromatic carbocycles. The van der Waals surface area contributed by atoms with E-state index < -0.39 is 0 Å². The van der Waals surface area contributed by atoms with Crippen molar-refractivity contribution in [1.29, 1.82) is 0 Å². The molecule has 3 heterocycles. The number of pyridine rings is 1. The number of benzene rings is 1. The van der Waals surface area contributed by atoms with Gasteiger partial charge >= 0.3 is 0 Å². The van der Waals surface area contributed by atoms with Crippen molar-refractivity contribution in [3.8, 4) is 5.82 Å². The van der Waals surface area contributed by atoms with Crippen LogP contribution in [0.15, 0.2) is 84.8 Å². The third-order valence-electron chi connectivity index (χ3n) is 4.80. The minimum absolute atomic E-state index is 0.543. The highest BCUT2D eigenvalue weighted by molar-refractivity contribution is 5.79. The molecule has 31 heavy (non-hydrogen) atoms. The van der Waals surface area contributed by atoms with E-state index in [2.05, 4.69) is 56.9 Å². The topological polar surface area (TPSA) is 85.0 Å². The van der Waals surface area contributed by atoms with Crippen LogP contribution in [0.3, 0.4) is 0 Å². The van der Waals surface area contributed by atoms with E-state index >= 15 is 0 Å².